The summed E-state index contributed by atoms with van der Waals surface area (Å²) in [7, 11) is 0. The second kappa shape index (κ2) is 9.36. The molecule has 6 nitrogen and oxygen atoms in total. The molecule has 2 heterocycles. The molecule has 0 aliphatic carbocycles. The maximum absolute atomic E-state index is 12.4. The Balaban J connectivity index is 1.39. The smallest absolute Gasteiger partial charge is 0.286 e. The molecule has 0 saturated heterocycles. The minimum atomic E-state index is -0.268. The molecule has 0 unspecified atom stereocenters. The first-order chi connectivity index (χ1) is 14.5. The van der Waals surface area contributed by atoms with Gasteiger partial charge in [-0.15, -0.1) is 15.3 Å². The fraction of sp³-hybridized carbons (Fsp3) is 0.105. The average molecular weight is 492 g/mol. The van der Waals surface area contributed by atoms with Crippen LogP contribution in [-0.2, 0) is 5.75 Å². The normalized spacial score (nSPS) is 10.9. The van der Waals surface area contributed by atoms with Crippen molar-refractivity contribution in [1.29, 1.82) is 0 Å². The number of anilines is 1. The van der Waals surface area contributed by atoms with E-state index in [4.69, 9.17) is 23.8 Å². The third-order valence-electron chi connectivity index (χ3n) is 3.89. The van der Waals surface area contributed by atoms with Gasteiger partial charge in [0.1, 0.15) is 5.01 Å². The summed E-state index contributed by atoms with van der Waals surface area (Å²) in [5.41, 5.74) is 2.72. The molecule has 0 atom stereocenters. The van der Waals surface area contributed by atoms with Crippen molar-refractivity contribution in [3.05, 3.63) is 73.1 Å². The first kappa shape index (κ1) is 21.1. The van der Waals surface area contributed by atoms with Crippen molar-refractivity contribution in [3.63, 3.8) is 0 Å². The SMILES string of the molecule is Cc1ccc(NC(=O)c2nnc(CSc3nn(-c4ccc(Cl)cc4)c(=S)s3)s2)cc1. The zero-order valence-corrected chi connectivity index (χ0v) is 19.6. The predicted molar refractivity (Wildman–Crippen MR) is 126 cm³/mol. The van der Waals surface area contributed by atoms with Crippen LogP contribution < -0.4 is 5.32 Å². The summed E-state index contributed by atoms with van der Waals surface area (Å²) in [5, 5.41) is 17.2. The molecular formula is C19H14ClN5OS4. The molecule has 4 aromatic rings. The summed E-state index contributed by atoms with van der Waals surface area (Å²) in [6.07, 6.45) is 0. The molecular weight excluding hydrogens is 478 g/mol. The highest BCUT2D eigenvalue weighted by Gasteiger charge is 2.14. The van der Waals surface area contributed by atoms with E-state index in [9.17, 15) is 4.79 Å². The third kappa shape index (κ3) is 5.13. The maximum Gasteiger partial charge on any atom is 0.286 e. The van der Waals surface area contributed by atoms with Crippen molar-refractivity contribution in [2.75, 3.05) is 5.32 Å². The van der Waals surface area contributed by atoms with Gasteiger partial charge in [-0.2, -0.15) is 0 Å². The zero-order chi connectivity index (χ0) is 21.1. The summed E-state index contributed by atoms with van der Waals surface area (Å²) in [6.45, 7) is 1.99. The maximum atomic E-state index is 12.4. The highest BCUT2D eigenvalue weighted by Crippen LogP contribution is 2.28. The van der Waals surface area contributed by atoms with Crippen LogP contribution in [0.1, 0.15) is 20.4 Å². The van der Waals surface area contributed by atoms with Gasteiger partial charge in [-0.05, 0) is 55.5 Å². The summed E-state index contributed by atoms with van der Waals surface area (Å²) >= 11 is 15.6. The minimum absolute atomic E-state index is 0.268. The first-order valence-corrected chi connectivity index (χ1v) is 12.1. The quantitative estimate of drug-likeness (QED) is 0.262. The van der Waals surface area contributed by atoms with Gasteiger partial charge in [0.15, 0.2) is 8.29 Å². The van der Waals surface area contributed by atoms with Gasteiger partial charge in [0, 0.05) is 10.7 Å². The van der Waals surface area contributed by atoms with Gasteiger partial charge in [-0.3, -0.25) is 4.79 Å². The van der Waals surface area contributed by atoms with Crippen molar-refractivity contribution < 1.29 is 4.79 Å². The van der Waals surface area contributed by atoms with Crippen molar-refractivity contribution in [2.24, 2.45) is 0 Å². The van der Waals surface area contributed by atoms with E-state index in [0.29, 0.717) is 19.7 Å². The van der Waals surface area contributed by atoms with E-state index in [1.54, 1.807) is 16.8 Å². The van der Waals surface area contributed by atoms with Crippen molar-refractivity contribution in [3.8, 4) is 5.69 Å². The lowest BCUT2D eigenvalue weighted by molar-refractivity contribution is 0.102. The Bertz CT molecular complexity index is 1230. The van der Waals surface area contributed by atoms with Gasteiger partial charge < -0.3 is 5.32 Å². The molecule has 1 N–H and O–H groups in total. The largest absolute Gasteiger partial charge is 0.320 e. The summed E-state index contributed by atoms with van der Waals surface area (Å²) in [6, 6.07) is 14.9. The minimum Gasteiger partial charge on any atom is -0.320 e. The number of aromatic nitrogens is 4. The number of thioether (sulfide) groups is 1. The number of aryl methyl sites for hydroxylation is 1. The van der Waals surface area contributed by atoms with Crippen LogP contribution in [0, 0.1) is 10.9 Å². The zero-order valence-electron chi connectivity index (χ0n) is 15.5. The lowest BCUT2D eigenvalue weighted by atomic mass is 10.2. The second-order valence-electron chi connectivity index (χ2n) is 6.13. The Hall–Kier alpha value is -2.11. The van der Waals surface area contributed by atoms with Crippen molar-refractivity contribution >= 4 is 69.8 Å². The van der Waals surface area contributed by atoms with Crippen LogP contribution in [0.25, 0.3) is 5.69 Å². The van der Waals surface area contributed by atoms with Crippen molar-refractivity contribution in [2.45, 2.75) is 17.0 Å². The van der Waals surface area contributed by atoms with Gasteiger partial charge in [-0.25, -0.2) is 4.68 Å². The molecule has 11 heteroatoms. The van der Waals surface area contributed by atoms with Crippen LogP contribution in [0.4, 0.5) is 5.69 Å². The van der Waals surface area contributed by atoms with Crippen LogP contribution in [0.15, 0.2) is 52.9 Å². The molecule has 0 saturated carbocycles. The molecule has 0 bridgehead atoms. The fourth-order valence-corrected chi connectivity index (χ4v) is 5.62. The summed E-state index contributed by atoms with van der Waals surface area (Å²) in [4.78, 5) is 12.4. The standard InChI is InChI=1S/C19H14ClN5OS4/c1-11-2-6-13(7-3-11)21-16(26)17-23-22-15(29-17)10-28-18-24-25(19(27)30-18)14-8-4-12(20)5-9-14/h2-9H,10H2,1H3,(H,21,26). The van der Waals surface area contributed by atoms with Gasteiger partial charge >= 0.3 is 0 Å². The van der Waals surface area contributed by atoms with Gasteiger partial charge in [0.05, 0.1) is 11.4 Å². The number of hydrogen-bond acceptors (Lipinski definition) is 8. The number of amides is 1. The van der Waals surface area contributed by atoms with E-state index < -0.39 is 0 Å². The molecule has 1 amide bonds. The van der Waals surface area contributed by atoms with Gasteiger partial charge in [-0.1, -0.05) is 63.7 Å². The van der Waals surface area contributed by atoms with E-state index in [1.165, 1.54) is 34.4 Å². The lowest BCUT2D eigenvalue weighted by Crippen LogP contribution is -2.11. The third-order valence-corrected chi connectivity index (χ3v) is 7.62. The van der Waals surface area contributed by atoms with Crippen LogP contribution in [0.3, 0.4) is 0 Å². The fourth-order valence-electron chi connectivity index (χ4n) is 2.41. The number of nitrogens with one attached hydrogen (secondary N) is 1. The van der Waals surface area contributed by atoms with E-state index >= 15 is 0 Å². The van der Waals surface area contributed by atoms with Crippen LogP contribution >= 0.6 is 58.3 Å². The van der Waals surface area contributed by atoms with E-state index in [1.807, 2.05) is 43.3 Å². The highest BCUT2D eigenvalue weighted by atomic mass is 35.5. The number of carbonyl (C=O) groups is 1. The highest BCUT2D eigenvalue weighted by molar-refractivity contribution is 8.00. The predicted octanol–water partition coefficient (Wildman–Crippen LogP) is 6.02. The van der Waals surface area contributed by atoms with E-state index in [-0.39, 0.29) is 5.91 Å². The molecule has 4 rings (SSSR count). The molecule has 0 aliphatic rings. The molecule has 0 aliphatic heterocycles. The van der Waals surface area contributed by atoms with E-state index in [2.05, 4.69) is 20.6 Å². The lowest BCUT2D eigenvalue weighted by Gasteiger charge is -2.02. The van der Waals surface area contributed by atoms with E-state index in [0.717, 1.165) is 26.3 Å². The number of hydrogen-bond donors (Lipinski definition) is 1. The number of carbonyl (C=O) groups excluding carboxylic acids is 1. The van der Waals surface area contributed by atoms with Gasteiger partial charge in [0.2, 0.25) is 5.01 Å². The number of benzene rings is 2. The Morgan fingerprint density at radius 1 is 1.13 bits per heavy atom. The molecule has 2 aromatic carbocycles. The molecule has 30 heavy (non-hydrogen) atoms. The molecule has 0 radical (unpaired) electrons. The molecule has 152 valence electrons. The average Bonchev–Trinajstić information content (AvgIpc) is 3.35. The topological polar surface area (TPSA) is 72.7 Å². The van der Waals surface area contributed by atoms with Gasteiger partial charge in [0.25, 0.3) is 5.91 Å². The second-order valence-corrected chi connectivity index (χ2v) is 10.5. The monoisotopic (exact) mass is 491 g/mol. The Labute approximate surface area is 195 Å². The van der Waals surface area contributed by atoms with Crippen LogP contribution in [0.2, 0.25) is 5.02 Å². The van der Waals surface area contributed by atoms with Crippen LogP contribution in [-0.4, -0.2) is 25.9 Å². The Morgan fingerprint density at radius 3 is 2.60 bits per heavy atom. The first-order valence-electron chi connectivity index (χ1n) is 8.67. The molecule has 0 fully saturated rings. The van der Waals surface area contributed by atoms with Crippen LogP contribution in [0.5, 0.6) is 0 Å². The Kier molecular flexibility index (Phi) is 6.59. The number of rotatable bonds is 6. The molecule has 0 spiro atoms. The number of halogens is 1. The summed E-state index contributed by atoms with van der Waals surface area (Å²) < 4.78 is 3.17. The summed E-state index contributed by atoms with van der Waals surface area (Å²) in [5.74, 6) is 0.286. The Morgan fingerprint density at radius 2 is 1.87 bits per heavy atom. The number of nitrogens with zero attached hydrogens (tertiary/aromatic N) is 4. The van der Waals surface area contributed by atoms with Crippen molar-refractivity contribution in [1.82, 2.24) is 20.0 Å². The molecule has 2 aromatic heterocycles.